The molecular formula is C29H24N4O3S. The van der Waals surface area contributed by atoms with Gasteiger partial charge in [0.1, 0.15) is 0 Å². The Hall–Kier alpha value is -4.43. The lowest BCUT2D eigenvalue weighted by Crippen LogP contribution is -2.12. The number of anilines is 1. The van der Waals surface area contributed by atoms with Crippen molar-refractivity contribution in [2.45, 2.75) is 18.2 Å². The van der Waals surface area contributed by atoms with Gasteiger partial charge in [0.05, 0.1) is 21.7 Å². The molecule has 8 heteroatoms. The third kappa shape index (κ3) is 4.15. The summed E-state index contributed by atoms with van der Waals surface area (Å²) in [6, 6.07) is 23.7. The third-order valence-corrected chi connectivity index (χ3v) is 8.37. The minimum Gasteiger partial charge on any atom is -0.348 e. The molecule has 0 amide bonds. The van der Waals surface area contributed by atoms with Gasteiger partial charge in [-0.05, 0) is 67.4 Å². The number of benzene rings is 3. The molecule has 2 aromatic heterocycles. The lowest BCUT2D eigenvalue weighted by atomic mass is 10.0. The molecule has 0 aliphatic carbocycles. The maximum Gasteiger partial charge on any atom is 0.272 e. The third-order valence-electron chi connectivity index (χ3n) is 6.66. The van der Waals surface area contributed by atoms with Crippen LogP contribution in [0.15, 0.2) is 107 Å². The molecule has 1 N–H and O–H groups in total. The number of nitrogens with one attached hydrogen (secondary N) is 1. The molecule has 0 radical (unpaired) electrons. The van der Waals surface area contributed by atoms with Gasteiger partial charge in [0.2, 0.25) is 0 Å². The zero-order valence-electron chi connectivity index (χ0n) is 20.1. The highest BCUT2D eigenvalue weighted by atomic mass is 32.2. The minimum atomic E-state index is -3.75. The monoisotopic (exact) mass is 508 g/mol. The normalized spacial score (nSPS) is 13.5. The van der Waals surface area contributed by atoms with Crippen molar-refractivity contribution in [3.05, 3.63) is 113 Å². The average Bonchev–Trinajstić information content (AvgIpc) is 3.60. The predicted molar refractivity (Wildman–Crippen MR) is 146 cm³/mol. The van der Waals surface area contributed by atoms with E-state index in [0.717, 1.165) is 29.8 Å². The van der Waals surface area contributed by atoms with Gasteiger partial charge in [-0.25, -0.2) is 17.5 Å². The van der Waals surface area contributed by atoms with Gasteiger partial charge < -0.3 is 4.90 Å². The van der Waals surface area contributed by atoms with Crippen LogP contribution in [0.1, 0.15) is 12.0 Å². The summed E-state index contributed by atoms with van der Waals surface area (Å²) in [6.45, 7) is 2.88. The topological polar surface area (TPSA) is 88.1 Å². The fourth-order valence-electron chi connectivity index (χ4n) is 4.61. The first-order chi connectivity index (χ1) is 17.9. The van der Waals surface area contributed by atoms with Gasteiger partial charge in [-0.3, -0.25) is 4.79 Å². The van der Waals surface area contributed by atoms with Crippen molar-refractivity contribution in [1.29, 1.82) is 0 Å². The van der Waals surface area contributed by atoms with Gasteiger partial charge in [-0.1, -0.05) is 42.0 Å². The molecule has 1 aliphatic heterocycles. The molecule has 6 rings (SSSR count). The number of nitrogens with zero attached hydrogens (tertiary/aromatic N) is 3. The first-order valence-corrected chi connectivity index (χ1v) is 13.4. The first kappa shape index (κ1) is 23.0. The smallest absolute Gasteiger partial charge is 0.272 e. The maximum absolute atomic E-state index is 13.2. The van der Waals surface area contributed by atoms with Crippen LogP contribution < -0.4 is 10.5 Å². The van der Waals surface area contributed by atoms with E-state index in [1.54, 1.807) is 54.7 Å². The number of hydrogen-bond acceptors (Lipinski definition) is 5. The Morgan fingerprint density at radius 2 is 1.65 bits per heavy atom. The number of fused-ring (bicyclic) bond motifs is 1. The maximum atomic E-state index is 13.2. The van der Waals surface area contributed by atoms with E-state index in [4.69, 9.17) is 0 Å². The number of rotatable bonds is 5. The van der Waals surface area contributed by atoms with E-state index in [1.807, 2.05) is 37.3 Å². The van der Waals surface area contributed by atoms with Crippen LogP contribution in [0.3, 0.4) is 0 Å². The summed E-state index contributed by atoms with van der Waals surface area (Å²) in [6.07, 6.45) is 6.81. The first-order valence-electron chi connectivity index (χ1n) is 12.0. The average molecular weight is 509 g/mol. The lowest BCUT2D eigenvalue weighted by molar-refractivity contribution is 0.589. The summed E-state index contributed by atoms with van der Waals surface area (Å²) >= 11 is 0. The van der Waals surface area contributed by atoms with Crippen LogP contribution >= 0.6 is 0 Å². The highest BCUT2D eigenvalue weighted by Crippen LogP contribution is 2.29. The van der Waals surface area contributed by atoms with E-state index >= 15 is 0 Å². The van der Waals surface area contributed by atoms with E-state index in [0.29, 0.717) is 27.7 Å². The molecular weight excluding hydrogens is 484 g/mol. The zero-order chi connectivity index (χ0) is 25.6. The molecule has 5 aromatic rings. The molecule has 37 heavy (non-hydrogen) atoms. The largest absolute Gasteiger partial charge is 0.348 e. The Bertz CT molecular complexity index is 1820. The Balaban J connectivity index is 1.35. The van der Waals surface area contributed by atoms with E-state index in [2.05, 4.69) is 27.4 Å². The number of hydrogen-bond donors (Lipinski definition) is 1. The van der Waals surface area contributed by atoms with Crippen molar-refractivity contribution in [1.82, 2.24) is 14.2 Å². The molecule has 1 aliphatic rings. The Labute approximate surface area is 214 Å². The number of H-pyrrole nitrogens is 1. The number of aryl methyl sites for hydroxylation is 1. The molecule has 3 aromatic carbocycles. The SMILES string of the molecule is Cc1ccc(S(=O)(=O)n2ccc3cc(-c4cc(-c5ccc(N6C=CCC6)cc5)n[nH]c4=O)ccc32)cc1. The van der Waals surface area contributed by atoms with Crippen LogP contribution in [0, 0.1) is 6.92 Å². The van der Waals surface area contributed by atoms with Crippen molar-refractivity contribution < 1.29 is 8.42 Å². The Kier molecular flexibility index (Phi) is 5.53. The molecule has 184 valence electrons. The molecule has 0 fully saturated rings. The van der Waals surface area contributed by atoms with E-state index < -0.39 is 10.0 Å². The second kappa shape index (κ2) is 8.90. The van der Waals surface area contributed by atoms with Gasteiger partial charge in [0, 0.05) is 35.6 Å². The van der Waals surface area contributed by atoms with E-state index in [-0.39, 0.29) is 10.5 Å². The Morgan fingerprint density at radius 1 is 0.892 bits per heavy atom. The van der Waals surface area contributed by atoms with E-state index in [1.165, 1.54) is 3.97 Å². The highest BCUT2D eigenvalue weighted by Gasteiger charge is 2.19. The van der Waals surface area contributed by atoms with Gasteiger partial charge >= 0.3 is 0 Å². The van der Waals surface area contributed by atoms with E-state index in [9.17, 15) is 13.2 Å². The molecule has 0 saturated heterocycles. The van der Waals surface area contributed by atoms with Crippen molar-refractivity contribution in [2.24, 2.45) is 0 Å². The summed E-state index contributed by atoms with van der Waals surface area (Å²) in [5, 5.41) is 7.58. The summed E-state index contributed by atoms with van der Waals surface area (Å²) in [5.41, 5.74) is 5.02. The Morgan fingerprint density at radius 3 is 2.38 bits per heavy atom. The summed E-state index contributed by atoms with van der Waals surface area (Å²) in [4.78, 5) is 15.1. The molecule has 0 unspecified atom stereocenters. The minimum absolute atomic E-state index is 0.224. The highest BCUT2D eigenvalue weighted by molar-refractivity contribution is 7.90. The lowest BCUT2D eigenvalue weighted by Gasteiger charge is -2.15. The second-order valence-electron chi connectivity index (χ2n) is 9.11. The fourth-order valence-corrected chi connectivity index (χ4v) is 5.97. The van der Waals surface area contributed by atoms with Crippen molar-refractivity contribution >= 4 is 26.6 Å². The van der Waals surface area contributed by atoms with Gasteiger partial charge in [0.25, 0.3) is 15.6 Å². The van der Waals surface area contributed by atoms with Gasteiger partial charge in [-0.2, -0.15) is 5.10 Å². The molecule has 0 spiro atoms. The van der Waals surface area contributed by atoms with Crippen LogP contribution in [0.4, 0.5) is 5.69 Å². The van der Waals surface area contributed by atoms with Crippen molar-refractivity contribution in [3.8, 4) is 22.4 Å². The number of aromatic amines is 1. The quantitative estimate of drug-likeness (QED) is 0.347. The summed E-state index contributed by atoms with van der Waals surface area (Å²) in [7, 11) is -3.75. The van der Waals surface area contributed by atoms with Crippen LogP contribution in [0.25, 0.3) is 33.3 Å². The number of aromatic nitrogens is 3. The summed E-state index contributed by atoms with van der Waals surface area (Å²) < 4.78 is 27.7. The van der Waals surface area contributed by atoms with Gasteiger partial charge in [-0.15, -0.1) is 0 Å². The zero-order valence-corrected chi connectivity index (χ0v) is 20.9. The van der Waals surface area contributed by atoms with Gasteiger partial charge in [0.15, 0.2) is 0 Å². The molecule has 0 bridgehead atoms. The van der Waals surface area contributed by atoms with Crippen LogP contribution in [-0.2, 0) is 10.0 Å². The van der Waals surface area contributed by atoms with Crippen LogP contribution in [-0.4, -0.2) is 29.1 Å². The molecule has 3 heterocycles. The standard InChI is InChI=1S/C29H24N4O3S/c1-20-4-11-25(12-5-20)37(35,36)33-17-14-23-18-22(8-13-28(23)33)26-19-27(30-31-29(26)34)21-6-9-24(10-7-21)32-15-2-3-16-32/h2,4-15,17-19H,3,16H2,1H3,(H,31,34). The molecule has 0 atom stereocenters. The molecule has 0 saturated carbocycles. The predicted octanol–water partition coefficient (Wildman–Crippen LogP) is 5.33. The fraction of sp³-hybridized carbons (Fsp3) is 0.103. The van der Waals surface area contributed by atoms with Crippen LogP contribution in [0.2, 0.25) is 0 Å². The molecule has 7 nitrogen and oxygen atoms in total. The van der Waals surface area contributed by atoms with Crippen molar-refractivity contribution in [3.63, 3.8) is 0 Å². The summed E-state index contributed by atoms with van der Waals surface area (Å²) in [5.74, 6) is 0. The van der Waals surface area contributed by atoms with Crippen molar-refractivity contribution in [2.75, 3.05) is 11.4 Å². The second-order valence-corrected chi connectivity index (χ2v) is 10.9. The van der Waals surface area contributed by atoms with Crippen LogP contribution in [0.5, 0.6) is 0 Å².